The highest BCUT2D eigenvalue weighted by Crippen LogP contribution is 2.24. The topological polar surface area (TPSA) is 50.4 Å². The van der Waals surface area contributed by atoms with Crippen molar-refractivity contribution in [3.8, 4) is 5.75 Å². The lowest BCUT2D eigenvalue weighted by Gasteiger charge is -2.12. The van der Waals surface area contributed by atoms with E-state index in [9.17, 15) is 9.18 Å². The van der Waals surface area contributed by atoms with E-state index >= 15 is 0 Å². The van der Waals surface area contributed by atoms with E-state index in [1.165, 1.54) is 12.1 Å². The third-order valence-electron chi connectivity index (χ3n) is 2.72. The summed E-state index contributed by atoms with van der Waals surface area (Å²) in [6, 6.07) is 12.6. The Kier molecular flexibility index (Phi) is 5.15. The lowest BCUT2D eigenvalue weighted by Crippen LogP contribution is -2.20. The summed E-state index contributed by atoms with van der Waals surface area (Å²) < 4.78 is 19.0. The molecule has 0 radical (unpaired) electrons. The number of hydrogen-bond acceptors (Lipinski definition) is 2. The maximum absolute atomic E-state index is 13.5. The van der Waals surface area contributed by atoms with E-state index in [0.717, 1.165) is 6.42 Å². The van der Waals surface area contributed by atoms with Gasteiger partial charge in [-0.1, -0.05) is 31.2 Å². The summed E-state index contributed by atoms with van der Waals surface area (Å²) in [5, 5.41) is 5.11. The molecule has 0 spiro atoms. The van der Waals surface area contributed by atoms with Gasteiger partial charge in [-0.05, 0) is 30.7 Å². The zero-order valence-electron chi connectivity index (χ0n) is 11.7. The SMILES string of the molecule is CCCOc1ccccc1NC(=O)Nc1ccccc1F. The fourth-order valence-electron chi connectivity index (χ4n) is 1.75. The Hall–Kier alpha value is -2.56. The second kappa shape index (κ2) is 7.28. The molecule has 4 nitrogen and oxygen atoms in total. The lowest BCUT2D eigenvalue weighted by molar-refractivity contribution is 0.261. The molecule has 2 amide bonds. The second-order valence-corrected chi connectivity index (χ2v) is 4.40. The van der Waals surface area contributed by atoms with Gasteiger partial charge in [-0.25, -0.2) is 9.18 Å². The van der Waals surface area contributed by atoms with Crippen LogP contribution in [0.4, 0.5) is 20.6 Å². The molecule has 2 aromatic carbocycles. The van der Waals surface area contributed by atoms with Crippen LogP contribution in [0, 0.1) is 5.82 Å². The number of para-hydroxylation sites is 3. The molecule has 0 aliphatic rings. The van der Waals surface area contributed by atoms with Gasteiger partial charge in [0.05, 0.1) is 18.0 Å². The van der Waals surface area contributed by atoms with E-state index in [2.05, 4.69) is 10.6 Å². The summed E-state index contributed by atoms with van der Waals surface area (Å²) in [5.74, 6) is 0.103. The first kappa shape index (κ1) is 14.8. The van der Waals surface area contributed by atoms with Gasteiger partial charge in [-0.2, -0.15) is 0 Å². The van der Waals surface area contributed by atoms with E-state index in [1.54, 1.807) is 30.3 Å². The molecule has 2 rings (SSSR count). The van der Waals surface area contributed by atoms with Crippen molar-refractivity contribution in [2.75, 3.05) is 17.2 Å². The van der Waals surface area contributed by atoms with Crippen LogP contribution in [-0.2, 0) is 0 Å². The largest absolute Gasteiger partial charge is 0.491 e. The van der Waals surface area contributed by atoms with Crippen LogP contribution in [0.2, 0.25) is 0 Å². The highest BCUT2D eigenvalue weighted by Gasteiger charge is 2.09. The molecule has 0 saturated carbocycles. The van der Waals surface area contributed by atoms with Gasteiger partial charge in [0, 0.05) is 0 Å². The average molecular weight is 288 g/mol. The molecule has 5 heteroatoms. The minimum absolute atomic E-state index is 0.127. The summed E-state index contributed by atoms with van der Waals surface area (Å²) >= 11 is 0. The van der Waals surface area contributed by atoms with E-state index < -0.39 is 11.8 Å². The van der Waals surface area contributed by atoms with Crippen LogP contribution in [0.25, 0.3) is 0 Å². The summed E-state index contributed by atoms with van der Waals surface area (Å²) in [4.78, 5) is 11.9. The Balaban J connectivity index is 2.04. The van der Waals surface area contributed by atoms with Crippen LogP contribution in [0.3, 0.4) is 0 Å². The van der Waals surface area contributed by atoms with E-state index in [-0.39, 0.29) is 5.69 Å². The molecule has 0 aliphatic carbocycles. The predicted octanol–water partition coefficient (Wildman–Crippen LogP) is 4.26. The number of anilines is 2. The minimum Gasteiger partial charge on any atom is -0.491 e. The van der Waals surface area contributed by atoms with Crippen molar-refractivity contribution in [3.63, 3.8) is 0 Å². The maximum Gasteiger partial charge on any atom is 0.323 e. The number of rotatable bonds is 5. The molecule has 0 aromatic heterocycles. The number of halogens is 1. The van der Waals surface area contributed by atoms with Crippen LogP contribution < -0.4 is 15.4 Å². The lowest BCUT2D eigenvalue weighted by atomic mass is 10.3. The highest BCUT2D eigenvalue weighted by molar-refractivity contribution is 6.00. The summed E-state index contributed by atoms with van der Waals surface area (Å²) in [7, 11) is 0. The van der Waals surface area contributed by atoms with Crippen LogP contribution >= 0.6 is 0 Å². The number of ether oxygens (including phenoxy) is 1. The molecule has 0 heterocycles. The summed E-state index contributed by atoms with van der Waals surface area (Å²) in [6.07, 6.45) is 0.871. The van der Waals surface area contributed by atoms with Gasteiger partial charge in [0.25, 0.3) is 0 Å². The Labute approximate surface area is 122 Å². The zero-order chi connectivity index (χ0) is 15.1. The van der Waals surface area contributed by atoms with Crippen LogP contribution in [0.1, 0.15) is 13.3 Å². The molecule has 0 fully saturated rings. The fraction of sp³-hybridized carbons (Fsp3) is 0.188. The molecule has 21 heavy (non-hydrogen) atoms. The van der Waals surface area contributed by atoms with Crippen LogP contribution in [0.5, 0.6) is 5.75 Å². The van der Waals surface area contributed by atoms with Crippen molar-refractivity contribution < 1.29 is 13.9 Å². The number of hydrogen-bond donors (Lipinski definition) is 2. The van der Waals surface area contributed by atoms with E-state index in [4.69, 9.17) is 4.74 Å². The number of carbonyl (C=O) groups excluding carboxylic acids is 1. The standard InChI is InChI=1S/C16H17FN2O2/c1-2-11-21-15-10-6-5-9-14(15)19-16(20)18-13-8-4-3-7-12(13)17/h3-10H,2,11H2,1H3,(H2,18,19,20). The first-order chi connectivity index (χ1) is 10.2. The van der Waals surface area contributed by atoms with Gasteiger partial charge < -0.3 is 15.4 Å². The monoisotopic (exact) mass is 288 g/mol. The molecule has 0 saturated heterocycles. The smallest absolute Gasteiger partial charge is 0.323 e. The Morgan fingerprint density at radius 2 is 1.67 bits per heavy atom. The van der Waals surface area contributed by atoms with Crippen molar-refractivity contribution in [2.24, 2.45) is 0 Å². The molecular weight excluding hydrogens is 271 g/mol. The van der Waals surface area contributed by atoms with Crippen molar-refractivity contribution in [3.05, 3.63) is 54.3 Å². The van der Waals surface area contributed by atoms with Gasteiger partial charge in [0.2, 0.25) is 0 Å². The highest BCUT2D eigenvalue weighted by atomic mass is 19.1. The van der Waals surface area contributed by atoms with Gasteiger partial charge in [-0.3, -0.25) is 0 Å². The van der Waals surface area contributed by atoms with Crippen molar-refractivity contribution in [1.82, 2.24) is 0 Å². The van der Waals surface area contributed by atoms with E-state index in [1.807, 2.05) is 13.0 Å². The number of amides is 2. The first-order valence-electron chi connectivity index (χ1n) is 6.75. The molecule has 2 aromatic rings. The summed E-state index contributed by atoms with van der Waals surface area (Å²) in [5.41, 5.74) is 0.668. The van der Waals surface area contributed by atoms with Crippen LogP contribution in [0.15, 0.2) is 48.5 Å². The Morgan fingerprint density at radius 3 is 2.38 bits per heavy atom. The van der Waals surface area contributed by atoms with Gasteiger partial charge in [0.1, 0.15) is 11.6 Å². The number of urea groups is 1. The van der Waals surface area contributed by atoms with Gasteiger partial charge in [-0.15, -0.1) is 0 Å². The molecule has 0 aliphatic heterocycles. The number of carbonyl (C=O) groups is 1. The molecule has 110 valence electrons. The minimum atomic E-state index is -0.521. The Morgan fingerprint density at radius 1 is 1.05 bits per heavy atom. The first-order valence-corrected chi connectivity index (χ1v) is 6.75. The van der Waals surface area contributed by atoms with Crippen LogP contribution in [-0.4, -0.2) is 12.6 Å². The second-order valence-electron chi connectivity index (χ2n) is 4.40. The molecule has 0 atom stereocenters. The molecule has 0 unspecified atom stereocenters. The molecule has 0 bridgehead atoms. The third kappa shape index (κ3) is 4.21. The number of benzene rings is 2. The molecule has 2 N–H and O–H groups in total. The summed E-state index contributed by atoms with van der Waals surface area (Å²) in [6.45, 7) is 2.56. The Bertz CT molecular complexity index is 617. The third-order valence-corrected chi connectivity index (χ3v) is 2.72. The number of nitrogens with one attached hydrogen (secondary N) is 2. The predicted molar refractivity (Wildman–Crippen MR) is 81.3 cm³/mol. The van der Waals surface area contributed by atoms with E-state index in [0.29, 0.717) is 18.0 Å². The normalized spacial score (nSPS) is 10.0. The average Bonchev–Trinajstić information content (AvgIpc) is 2.49. The zero-order valence-corrected chi connectivity index (χ0v) is 11.7. The van der Waals surface area contributed by atoms with Crippen molar-refractivity contribution in [1.29, 1.82) is 0 Å². The van der Waals surface area contributed by atoms with Crippen molar-refractivity contribution in [2.45, 2.75) is 13.3 Å². The quantitative estimate of drug-likeness (QED) is 0.863. The maximum atomic E-state index is 13.5. The fourth-order valence-corrected chi connectivity index (χ4v) is 1.75. The van der Waals surface area contributed by atoms with Gasteiger partial charge >= 0.3 is 6.03 Å². The van der Waals surface area contributed by atoms with Crippen molar-refractivity contribution >= 4 is 17.4 Å². The molecular formula is C16H17FN2O2. The van der Waals surface area contributed by atoms with Gasteiger partial charge in [0.15, 0.2) is 0 Å².